The molecule has 20 heavy (non-hydrogen) atoms. The van der Waals surface area contributed by atoms with Gasteiger partial charge in [-0.3, -0.25) is 0 Å². The number of carbonyl (C=O) groups is 1. The van der Waals surface area contributed by atoms with E-state index >= 15 is 0 Å². The van der Waals surface area contributed by atoms with Crippen LogP contribution in [0.4, 0.5) is 0 Å². The van der Waals surface area contributed by atoms with Crippen molar-refractivity contribution in [1.82, 2.24) is 0 Å². The van der Waals surface area contributed by atoms with Gasteiger partial charge in [0.2, 0.25) is 0 Å². The number of carboxylic acids is 1. The summed E-state index contributed by atoms with van der Waals surface area (Å²) in [6.07, 6.45) is 9.54. The van der Waals surface area contributed by atoms with Gasteiger partial charge in [0.05, 0.1) is 5.56 Å². The van der Waals surface area contributed by atoms with Gasteiger partial charge in [-0.15, -0.1) is 0 Å². The summed E-state index contributed by atoms with van der Waals surface area (Å²) in [6.45, 7) is 2.21. The van der Waals surface area contributed by atoms with Gasteiger partial charge in [-0.25, -0.2) is 4.79 Å². The number of carboxylic acid groups (broad SMARTS) is 1. The van der Waals surface area contributed by atoms with Gasteiger partial charge in [-0.1, -0.05) is 63.3 Å². The maximum Gasteiger partial charge on any atom is 1.00 e. The number of aryl methyl sites for hydroxylation is 1. The van der Waals surface area contributed by atoms with Crippen LogP contribution in [0.2, 0.25) is 0 Å². The average molecular weight is 302 g/mol. The zero-order valence-corrected chi connectivity index (χ0v) is 15.8. The number of benzene rings is 1. The summed E-state index contributed by atoms with van der Waals surface area (Å²) in [7, 11) is 0. The third-order valence-electron chi connectivity index (χ3n) is 3.35. The third kappa shape index (κ3) is 7.79. The summed E-state index contributed by atoms with van der Waals surface area (Å²) in [5, 5.41) is 20.3. The predicted molar refractivity (Wildman–Crippen MR) is 74.5 cm³/mol. The normalized spacial score (nSPS) is 10.1. The van der Waals surface area contributed by atoms with Gasteiger partial charge in [-0.05, 0) is 24.5 Å². The second-order valence-electron chi connectivity index (χ2n) is 5.01. The molecule has 1 aromatic carbocycles. The van der Waals surface area contributed by atoms with Crippen LogP contribution in [0.25, 0.3) is 0 Å². The zero-order chi connectivity index (χ0) is 14.1. The molecule has 106 valence electrons. The summed E-state index contributed by atoms with van der Waals surface area (Å²) in [5.74, 6) is -1.53. The molecule has 0 aromatic heterocycles. The standard InChI is InChI=1S/C16H24O3.K/c1-2-3-4-5-6-7-8-9-13-10-11-14(16(18)19)15(17)12-13;/h10-12,17H,2-9H2,1H3,(H,18,19);/q;+1/p-1. The average Bonchev–Trinajstić information content (AvgIpc) is 2.37. The second-order valence-corrected chi connectivity index (χ2v) is 5.01. The van der Waals surface area contributed by atoms with Crippen LogP contribution in [0.1, 0.15) is 67.8 Å². The largest absolute Gasteiger partial charge is 1.00 e. The summed E-state index contributed by atoms with van der Waals surface area (Å²) < 4.78 is 0. The molecule has 0 atom stereocenters. The first-order valence-electron chi connectivity index (χ1n) is 7.18. The Morgan fingerprint density at radius 3 is 2.25 bits per heavy atom. The van der Waals surface area contributed by atoms with Crippen molar-refractivity contribution in [2.24, 2.45) is 0 Å². The van der Waals surface area contributed by atoms with Crippen molar-refractivity contribution in [2.75, 3.05) is 0 Å². The predicted octanol–water partition coefficient (Wildman–Crippen LogP) is 0.756. The van der Waals surface area contributed by atoms with Crippen molar-refractivity contribution in [2.45, 2.75) is 58.3 Å². The fraction of sp³-hybridized carbons (Fsp3) is 0.562. The first-order valence-corrected chi connectivity index (χ1v) is 7.18. The Balaban J connectivity index is 0.00000361. The first kappa shape index (κ1) is 20.1. The van der Waals surface area contributed by atoms with Gasteiger partial charge in [0.1, 0.15) is 0 Å². The number of hydrogen-bond donors (Lipinski definition) is 1. The van der Waals surface area contributed by atoms with Crippen LogP contribution in [0.3, 0.4) is 0 Å². The molecule has 4 heteroatoms. The van der Waals surface area contributed by atoms with E-state index in [1.165, 1.54) is 50.7 Å². The Labute approximate surface area is 164 Å². The fourth-order valence-corrected chi connectivity index (χ4v) is 2.19. The molecule has 0 spiro atoms. The molecule has 0 heterocycles. The molecule has 0 saturated heterocycles. The quantitative estimate of drug-likeness (QED) is 0.541. The molecular weight excluding hydrogens is 279 g/mol. The second kappa shape index (κ2) is 11.8. The molecule has 0 radical (unpaired) electrons. The van der Waals surface area contributed by atoms with E-state index < -0.39 is 5.97 Å². The molecule has 0 amide bonds. The molecule has 0 aliphatic carbocycles. The smallest absolute Gasteiger partial charge is 0.872 e. The van der Waals surface area contributed by atoms with Gasteiger partial charge in [-0.2, -0.15) is 0 Å². The fourth-order valence-electron chi connectivity index (χ4n) is 2.19. The Morgan fingerprint density at radius 1 is 1.10 bits per heavy atom. The summed E-state index contributed by atoms with van der Waals surface area (Å²) in [5.41, 5.74) is 0.812. The minimum absolute atomic E-state index is 0. The van der Waals surface area contributed by atoms with Crippen LogP contribution in [0.5, 0.6) is 5.75 Å². The SMILES string of the molecule is CCCCCCCCCc1ccc(C(=O)O)c([O-])c1.[K+]. The van der Waals surface area contributed by atoms with Crippen LogP contribution in [0.15, 0.2) is 18.2 Å². The number of unbranched alkanes of at least 4 members (excludes halogenated alkanes) is 6. The third-order valence-corrected chi connectivity index (χ3v) is 3.35. The monoisotopic (exact) mass is 302 g/mol. The number of hydrogen-bond acceptors (Lipinski definition) is 2. The van der Waals surface area contributed by atoms with Crippen molar-refractivity contribution in [1.29, 1.82) is 0 Å². The van der Waals surface area contributed by atoms with E-state index in [9.17, 15) is 9.90 Å². The van der Waals surface area contributed by atoms with Crippen molar-refractivity contribution in [3.63, 3.8) is 0 Å². The van der Waals surface area contributed by atoms with Gasteiger partial charge >= 0.3 is 57.4 Å². The maximum absolute atomic E-state index is 11.5. The van der Waals surface area contributed by atoms with Crippen molar-refractivity contribution < 1.29 is 66.4 Å². The molecule has 1 rings (SSSR count). The van der Waals surface area contributed by atoms with Gasteiger partial charge in [0, 0.05) is 0 Å². The molecule has 3 nitrogen and oxygen atoms in total. The Morgan fingerprint density at radius 2 is 1.70 bits per heavy atom. The number of aromatic carboxylic acids is 1. The van der Waals surface area contributed by atoms with Crippen LogP contribution in [0, 0.1) is 0 Å². The number of rotatable bonds is 9. The van der Waals surface area contributed by atoms with Gasteiger partial charge in [0.25, 0.3) is 0 Å². The van der Waals surface area contributed by atoms with E-state index in [4.69, 9.17) is 5.11 Å². The van der Waals surface area contributed by atoms with E-state index in [2.05, 4.69) is 6.92 Å². The molecule has 0 unspecified atom stereocenters. The van der Waals surface area contributed by atoms with E-state index in [-0.39, 0.29) is 62.7 Å². The van der Waals surface area contributed by atoms with E-state index in [0.717, 1.165) is 18.4 Å². The minimum Gasteiger partial charge on any atom is -0.872 e. The molecule has 0 bridgehead atoms. The molecule has 0 aliphatic rings. The van der Waals surface area contributed by atoms with Crippen molar-refractivity contribution >= 4 is 5.97 Å². The Kier molecular flexibility index (Phi) is 11.8. The van der Waals surface area contributed by atoms with Crippen molar-refractivity contribution in [3.05, 3.63) is 29.3 Å². The molecule has 1 aromatic rings. The minimum atomic E-state index is -1.15. The molecule has 0 aliphatic heterocycles. The first-order chi connectivity index (χ1) is 9.15. The van der Waals surface area contributed by atoms with E-state index in [0.29, 0.717) is 0 Å². The summed E-state index contributed by atoms with van der Waals surface area (Å²) in [4.78, 5) is 10.7. The Hall–Kier alpha value is 0.126. The van der Waals surface area contributed by atoms with Gasteiger partial charge < -0.3 is 10.2 Å². The van der Waals surface area contributed by atoms with E-state index in [1.54, 1.807) is 6.07 Å². The van der Waals surface area contributed by atoms with E-state index in [1.807, 2.05) is 0 Å². The van der Waals surface area contributed by atoms with Crippen LogP contribution in [-0.4, -0.2) is 11.1 Å². The van der Waals surface area contributed by atoms with Gasteiger partial charge in [0.15, 0.2) is 0 Å². The maximum atomic E-state index is 11.5. The summed E-state index contributed by atoms with van der Waals surface area (Å²) >= 11 is 0. The Bertz CT molecular complexity index is 405. The molecule has 0 fully saturated rings. The van der Waals surface area contributed by atoms with Crippen LogP contribution >= 0.6 is 0 Å². The van der Waals surface area contributed by atoms with Crippen LogP contribution in [-0.2, 0) is 6.42 Å². The molecular formula is C16H23KO3. The van der Waals surface area contributed by atoms with Crippen molar-refractivity contribution in [3.8, 4) is 5.75 Å². The topological polar surface area (TPSA) is 60.4 Å². The van der Waals surface area contributed by atoms with Crippen LogP contribution < -0.4 is 56.5 Å². The molecule has 1 N–H and O–H groups in total. The molecule has 0 saturated carbocycles. The zero-order valence-electron chi connectivity index (χ0n) is 12.7. The summed E-state index contributed by atoms with van der Waals surface area (Å²) in [6, 6.07) is 4.63.